The zero-order valence-electron chi connectivity index (χ0n) is 15.4. The number of ether oxygens (including phenoxy) is 3. The zero-order chi connectivity index (χ0) is 19.0. The van der Waals surface area contributed by atoms with E-state index in [0.29, 0.717) is 41.4 Å². The lowest BCUT2D eigenvalue weighted by Gasteiger charge is -2.27. The molecule has 3 aliphatic heterocycles. The second-order valence-electron chi connectivity index (χ2n) is 6.85. The van der Waals surface area contributed by atoms with E-state index in [1.54, 1.807) is 37.3 Å². The minimum Gasteiger partial charge on any atom is -0.497 e. The lowest BCUT2D eigenvalue weighted by Crippen LogP contribution is -2.44. The number of hydrogen-bond acceptors (Lipinski definition) is 5. The second kappa shape index (κ2) is 7.11. The Bertz CT molecular complexity index is 801. The Morgan fingerprint density at radius 2 is 2.11 bits per heavy atom. The van der Waals surface area contributed by atoms with Crippen molar-refractivity contribution in [2.75, 3.05) is 33.9 Å². The van der Waals surface area contributed by atoms with Crippen LogP contribution in [0.15, 0.2) is 29.5 Å². The molecule has 0 radical (unpaired) electrons. The Kier molecular flexibility index (Phi) is 4.65. The second-order valence-corrected chi connectivity index (χ2v) is 6.85. The molecule has 3 heterocycles. The number of nitrogens with one attached hydrogen (secondary N) is 2. The maximum atomic E-state index is 13.1. The first kappa shape index (κ1) is 17.7. The highest BCUT2D eigenvalue weighted by Gasteiger charge is 2.42. The third kappa shape index (κ3) is 3.21. The van der Waals surface area contributed by atoms with Gasteiger partial charge in [0, 0.05) is 18.7 Å². The molecule has 0 unspecified atom stereocenters. The molecule has 0 saturated carbocycles. The van der Waals surface area contributed by atoms with Gasteiger partial charge in [-0.3, -0.25) is 4.79 Å². The fourth-order valence-corrected chi connectivity index (χ4v) is 3.91. The van der Waals surface area contributed by atoms with Gasteiger partial charge in [-0.1, -0.05) is 0 Å². The van der Waals surface area contributed by atoms with Crippen molar-refractivity contribution in [2.24, 2.45) is 0 Å². The van der Waals surface area contributed by atoms with Gasteiger partial charge in [-0.15, -0.1) is 0 Å². The number of hydrogen-bond donors (Lipinski definition) is 2. The number of nitrogens with zero attached hydrogens (tertiary/aromatic N) is 1. The largest absolute Gasteiger partial charge is 0.497 e. The van der Waals surface area contributed by atoms with Gasteiger partial charge in [0.05, 0.1) is 44.2 Å². The van der Waals surface area contributed by atoms with Crippen molar-refractivity contribution in [1.29, 1.82) is 0 Å². The number of rotatable bonds is 5. The first-order valence-corrected chi connectivity index (χ1v) is 9.04. The van der Waals surface area contributed by atoms with Crippen LogP contribution in [0.3, 0.4) is 0 Å². The number of urea groups is 1. The molecule has 2 atom stereocenters. The van der Waals surface area contributed by atoms with E-state index in [1.807, 2.05) is 0 Å². The van der Waals surface area contributed by atoms with Gasteiger partial charge in [-0.25, -0.2) is 4.79 Å². The molecule has 27 heavy (non-hydrogen) atoms. The number of carbonyl (C=O) groups excluding carboxylic acids is 2. The van der Waals surface area contributed by atoms with Gasteiger partial charge < -0.3 is 29.7 Å². The molecule has 1 aromatic carbocycles. The third-order valence-electron chi connectivity index (χ3n) is 5.22. The lowest BCUT2D eigenvalue weighted by atomic mass is 9.95. The molecule has 8 heteroatoms. The Morgan fingerprint density at radius 1 is 1.26 bits per heavy atom. The van der Waals surface area contributed by atoms with Crippen LogP contribution in [0.1, 0.15) is 24.4 Å². The molecular formula is C19H23N3O5. The predicted octanol–water partition coefficient (Wildman–Crippen LogP) is 1.33. The van der Waals surface area contributed by atoms with Crippen molar-refractivity contribution >= 4 is 11.9 Å². The summed E-state index contributed by atoms with van der Waals surface area (Å²) in [7, 11) is 3.13. The summed E-state index contributed by atoms with van der Waals surface area (Å²) >= 11 is 0. The van der Waals surface area contributed by atoms with Crippen molar-refractivity contribution in [1.82, 2.24) is 15.5 Å². The van der Waals surface area contributed by atoms with Crippen molar-refractivity contribution in [3.63, 3.8) is 0 Å². The molecule has 0 bridgehead atoms. The van der Waals surface area contributed by atoms with Crippen LogP contribution in [0.5, 0.6) is 11.5 Å². The summed E-state index contributed by atoms with van der Waals surface area (Å²) in [6, 6.07) is 4.40. The van der Waals surface area contributed by atoms with Gasteiger partial charge >= 0.3 is 6.03 Å². The summed E-state index contributed by atoms with van der Waals surface area (Å²) in [5.41, 5.74) is 1.86. The van der Waals surface area contributed by atoms with Gasteiger partial charge in [-0.2, -0.15) is 0 Å². The van der Waals surface area contributed by atoms with Crippen molar-refractivity contribution in [3.8, 4) is 11.5 Å². The van der Waals surface area contributed by atoms with E-state index >= 15 is 0 Å². The highest BCUT2D eigenvalue weighted by atomic mass is 16.5. The van der Waals surface area contributed by atoms with E-state index in [2.05, 4.69) is 10.6 Å². The Morgan fingerprint density at radius 3 is 2.81 bits per heavy atom. The third-order valence-corrected chi connectivity index (χ3v) is 5.22. The molecule has 2 N–H and O–H groups in total. The van der Waals surface area contributed by atoms with Crippen LogP contribution in [-0.4, -0.2) is 56.9 Å². The molecule has 8 nitrogen and oxygen atoms in total. The molecular weight excluding hydrogens is 350 g/mol. The highest BCUT2D eigenvalue weighted by Crippen LogP contribution is 2.38. The smallest absolute Gasteiger partial charge is 0.319 e. The summed E-state index contributed by atoms with van der Waals surface area (Å²) in [5, 5.41) is 5.64. The molecule has 144 valence electrons. The fraction of sp³-hybridized carbons (Fsp3) is 0.474. The lowest BCUT2D eigenvalue weighted by molar-refractivity contribution is -0.127. The van der Waals surface area contributed by atoms with E-state index in [1.165, 1.54) is 0 Å². The van der Waals surface area contributed by atoms with Crippen LogP contribution >= 0.6 is 0 Å². The number of benzene rings is 1. The predicted molar refractivity (Wildman–Crippen MR) is 96.5 cm³/mol. The molecule has 0 aliphatic carbocycles. The molecule has 4 rings (SSSR count). The van der Waals surface area contributed by atoms with E-state index in [4.69, 9.17) is 14.2 Å². The first-order valence-electron chi connectivity index (χ1n) is 9.04. The maximum Gasteiger partial charge on any atom is 0.319 e. The molecule has 3 amide bonds. The molecule has 1 aromatic rings. The number of carbonyl (C=O) groups is 2. The van der Waals surface area contributed by atoms with Gasteiger partial charge in [0.25, 0.3) is 5.91 Å². The quantitative estimate of drug-likeness (QED) is 0.813. The van der Waals surface area contributed by atoms with Crippen LogP contribution in [0, 0.1) is 0 Å². The van der Waals surface area contributed by atoms with Gasteiger partial charge in [0.1, 0.15) is 11.5 Å². The summed E-state index contributed by atoms with van der Waals surface area (Å²) < 4.78 is 16.4. The summed E-state index contributed by atoms with van der Waals surface area (Å²) in [5.74, 6) is 1.12. The van der Waals surface area contributed by atoms with E-state index in [9.17, 15) is 9.59 Å². The monoisotopic (exact) mass is 373 g/mol. The molecule has 0 spiro atoms. The normalized spacial score (nSPS) is 24.6. The van der Waals surface area contributed by atoms with Gasteiger partial charge in [-0.05, 0) is 31.0 Å². The molecule has 3 aliphatic rings. The van der Waals surface area contributed by atoms with E-state index < -0.39 is 6.04 Å². The van der Waals surface area contributed by atoms with E-state index in [0.717, 1.165) is 19.4 Å². The number of methoxy groups -OCH3 is 2. The minimum absolute atomic E-state index is 0.0590. The average molecular weight is 373 g/mol. The van der Waals surface area contributed by atoms with Gasteiger partial charge in [0.2, 0.25) is 0 Å². The topological polar surface area (TPSA) is 89.1 Å². The maximum absolute atomic E-state index is 13.1. The number of amides is 3. The summed E-state index contributed by atoms with van der Waals surface area (Å²) in [6.07, 6.45) is 2.03. The van der Waals surface area contributed by atoms with Crippen LogP contribution in [0.2, 0.25) is 0 Å². The standard InChI is InChI=1S/C19H23N3O5/c1-25-11-5-6-15(26-2)13(8-11)17-16-14(20-19(24)21-17)10-22(18(16)23)9-12-4-3-7-27-12/h5-6,8,12,17H,3-4,7,9-10H2,1-2H3,(H2,20,21,24)/t12-,17+/m1/s1. The Labute approximate surface area is 157 Å². The van der Waals surface area contributed by atoms with E-state index in [-0.39, 0.29) is 18.0 Å². The Hall–Kier alpha value is -2.74. The summed E-state index contributed by atoms with van der Waals surface area (Å²) in [4.78, 5) is 27.1. The van der Waals surface area contributed by atoms with Crippen molar-refractivity contribution in [3.05, 3.63) is 35.0 Å². The molecule has 0 aromatic heterocycles. The fourth-order valence-electron chi connectivity index (χ4n) is 3.91. The summed E-state index contributed by atoms with van der Waals surface area (Å²) in [6.45, 7) is 1.65. The Balaban J connectivity index is 1.66. The minimum atomic E-state index is -0.596. The SMILES string of the molecule is COc1ccc(OC)c([C@@H]2NC(=O)NC3=C2C(=O)N(C[C@H]2CCCO2)C3)c1. The van der Waals surface area contributed by atoms with Crippen LogP contribution in [0.25, 0.3) is 0 Å². The molecule has 1 fully saturated rings. The van der Waals surface area contributed by atoms with Crippen LogP contribution in [0.4, 0.5) is 4.79 Å². The van der Waals surface area contributed by atoms with Crippen molar-refractivity contribution < 1.29 is 23.8 Å². The average Bonchev–Trinajstić information content (AvgIpc) is 3.29. The van der Waals surface area contributed by atoms with Crippen LogP contribution < -0.4 is 20.1 Å². The van der Waals surface area contributed by atoms with Crippen LogP contribution in [-0.2, 0) is 9.53 Å². The highest BCUT2D eigenvalue weighted by molar-refractivity contribution is 6.01. The van der Waals surface area contributed by atoms with Gasteiger partial charge in [0.15, 0.2) is 0 Å². The van der Waals surface area contributed by atoms with Crippen molar-refractivity contribution in [2.45, 2.75) is 25.0 Å². The zero-order valence-corrected chi connectivity index (χ0v) is 15.4. The molecule has 1 saturated heterocycles. The first-order chi connectivity index (χ1) is 13.1.